The summed E-state index contributed by atoms with van der Waals surface area (Å²) in [5.74, 6) is 0. The molecule has 1 heterocycles. The lowest BCUT2D eigenvalue weighted by molar-refractivity contribution is 0.756. The summed E-state index contributed by atoms with van der Waals surface area (Å²) in [6.45, 7) is 4.62. The van der Waals surface area contributed by atoms with Gasteiger partial charge in [-0.1, -0.05) is 39.1 Å². The van der Waals surface area contributed by atoms with Gasteiger partial charge in [0.15, 0.2) is 0 Å². The van der Waals surface area contributed by atoms with E-state index in [9.17, 15) is 0 Å². The zero-order valence-corrected chi connectivity index (χ0v) is 10.1. The maximum atomic E-state index is 2.36. The van der Waals surface area contributed by atoms with Crippen molar-refractivity contribution in [2.24, 2.45) is 0 Å². The number of hydrogen-bond acceptors (Lipinski definition) is 0. The molecule has 1 aromatic carbocycles. The molecule has 1 aliphatic heterocycles. The van der Waals surface area contributed by atoms with Crippen LogP contribution in [0.25, 0.3) is 0 Å². The van der Waals surface area contributed by atoms with E-state index in [0.29, 0.717) is 0 Å². The second-order valence-corrected chi connectivity index (χ2v) is 6.78. The molecular formula is C13H19P. The summed E-state index contributed by atoms with van der Waals surface area (Å²) in [4.78, 5) is 0. The summed E-state index contributed by atoms with van der Waals surface area (Å²) >= 11 is 0. The Hall–Kier alpha value is -0.350. The Morgan fingerprint density at radius 1 is 1.36 bits per heavy atom. The molecule has 1 aromatic rings. The lowest BCUT2D eigenvalue weighted by atomic mass is 10.2. The summed E-state index contributed by atoms with van der Waals surface area (Å²) in [6.07, 6.45) is 5.77. The highest BCUT2D eigenvalue weighted by Crippen LogP contribution is 2.50. The van der Waals surface area contributed by atoms with Crippen LogP contribution in [-0.2, 0) is 0 Å². The molecule has 1 aliphatic rings. The number of hydrogen-bond donors (Lipinski definition) is 0. The van der Waals surface area contributed by atoms with Crippen LogP contribution in [0.2, 0.25) is 0 Å². The first-order valence-electron chi connectivity index (χ1n) is 5.65. The predicted molar refractivity (Wildman–Crippen MR) is 65.9 cm³/mol. The van der Waals surface area contributed by atoms with Crippen molar-refractivity contribution in [3.05, 3.63) is 29.8 Å². The SMILES string of the molecule is CC[C@@H]1CCCP1c1ccccc1C. The van der Waals surface area contributed by atoms with Gasteiger partial charge in [0.25, 0.3) is 0 Å². The first kappa shape index (κ1) is 10.2. The van der Waals surface area contributed by atoms with Crippen molar-refractivity contribution in [1.82, 2.24) is 0 Å². The van der Waals surface area contributed by atoms with Gasteiger partial charge in [-0.15, -0.1) is 0 Å². The van der Waals surface area contributed by atoms with Crippen LogP contribution < -0.4 is 5.30 Å². The van der Waals surface area contributed by atoms with Gasteiger partial charge in [-0.2, -0.15) is 0 Å². The van der Waals surface area contributed by atoms with E-state index in [1.807, 2.05) is 0 Å². The Labute approximate surface area is 88.5 Å². The van der Waals surface area contributed by atoms with Gasteiger partial charge in [-0.25, -0.2) is 0 Å². The fraction of sp³-hybridized carbons (Fsp3) is 0.538. The second-order valence-electron chi connectivity index (χ2n) is 4.18. The molecule has 1 unspecified atom stereocenters. The molecular weight excluding hydrogens is 187 g/mol. The molecule has 1 heteroatoms. The molecule has 0 N–H and O–H groups in total. The minimum absolute atomic E-state index is 0.175. The van der Waals surface area contributed by atoms with Crippen molar-refractivity contribution < 1.29 is 0 Å². The van der Waals surface area contributed by atoms with Crippen LogP contribution in [0.3, 0.4) is 0 Å². The molecule has 1 saturated heterocycles. The molecule has 0 aliphatic carbocycles. The average Bonchev–Trinajstić information content (AvgIpc) is 2.66. The van der Waals surface area contributed by atoms with Crippen LogP contribution >= 0.6 is 7.92 Å². The summed E-state index contributed by atoms with van der Waals surface area (Å²) < 4.78 is 0. The van der Waals surface area contributed by atoms with Gasteiger partial charge >= 0.3 is 0 Å². The third kappa shape index (κ3) is 1.86. The topological polar surface area (TPSA) is 0 Å². The van der Waals surface area contributed by atoms with Gasteiger partial charge in [0, 0.05) is 0 Å². The number of rotatable bonds is 2. The van der Waals surface area contributed by atoms with E-state index in [-0.39, 0.29) is 7.92 Å². The Balaban J connectivity index is 2.26. The Morgan fingerprint density at radius 2 is 2.14 bits per heavy atom. The van der Waals surface area contributed by atoms with Crippen LogP contribution in [-0.4, -0.2) is 11.8 Å². The lowest BCUT2D eigenvalue weighted by Crippen LogP contribution is -2.11. The fourth-order valence-corrected chi connectivity index (χ4v) is 5.73. The smallest absolute Gasteiger partial charge is 0.0171 e. The first-order valence-corrected chi connectivity index (χ1v) is 7.25. The summed E-state index contributed by atoms with van der Waals surface area (Å²) in [5.41, 5.74) is 2.52. The quantitative estimate of drug-likeness (QED) is 0.647. The number of aryl methyl sites for hydroxylation is 1. The molecule has 0 bridgehead atoms. The van der Waals surface area contributed by atoms with E-state index in [1.165, 1.54) is 31.0 Å². The molecule has 1 fully saturated rings. The van der Waals surface area contributed by atoms with Crippen molar-refractivity contribution in [2.45, 2.75) is 38.8 Å². The monoisotopic (exact) mass is 206 g/mol. The molecule has 2 atom stereocenters. The maximum Gasteiger partial charge on any atom is -0.0171 e. The molecule has 0 amide bonds. The van der Waals surface area contributed by atoms with E-state index in [1.54, 1.807) is 5.30 Å². The normalized spacial score (nSPS) is 26.7. The van der Waals surface area contributed by atoms with Crippen molar-refractivity contribution in [1.29, 1.82) is 0 Å². The zero-order valence-electron chi connectivity index (χ0n) is 9.16. The summed E-state index contributed by atoms with van der Waals surface area (Å²) in [7, 11) is 0.175. The van der Waals surface area contributed by atoms with Crippen molar-refractivity contribution >= 4 is 13.2 Å². The Morgan fingerprint density at radius 3 is 2.86 bits per heavy atom. The predicted octanol–water partition coefficient (Wildman–Crippen LogP) is 3.67. The Kier molecular flexibility index (Phi) is 3.23. The van der Waals surface area contributed by atoms with E-state index >= 15 is 0 Å². The van der Waals surface area contributed by atoms with Gasteiger partial charge in [0.2, 0.25) is 0 Å². The molecule has 0 aromatic heterocycles. The first-order chi connectivity index (χ1) is 6.83. The maximum absolute atomic E-state index is 2.36. The summed E-state index contributed by atoms with van der Waals surface area (Å²) in [6, 6.07) is 8.98. The molecule has 14 heavy (non-hydrogen) atoms. The van der Waals surface area contributed by atoms with Gasteiger partial charge in [0.05, 0.1) is 0 Å². The molecule has 0 saturated carbocycles. The van der Waals surface area contributed by atoms with Gasteiger partial charge in [-0.05, 0) is 48.9 Å². The largest absolute Gasteiger partial charge is 0.0719 e. The molecule has 2 rings (SSSR count). The third-order valence-corrected chi connectivity index (χ3v) is 6.70. The highest BCUT2D eigenvalue weighted by atomic mass is 31.1. The van der Waals surface area contributed by atoms with E-state index in [2.05, 4.69) is 38.1 Å². The van der Waals surface area contributed by atoms with Crippen molar-refractivity contribution in [2.75, 3.05) is 6.16 Å². The Bertz CT molecular complexity index is 306. The van der Waals surface area contributed by atoms with E-state index in [0.717, 1.165) is 5.66 Å². The van der Waals surface area contributed by atoms with Crippen LogP contribution in [0, 0.1) is 6.92 Å². The van der Waals surface area contributed by atoms with Gasteiger partial charge in [0.1, 0.15) is 0 Å². The summed E-state index contributed by atoms with van der Waals surface area (Å²) in [5, 5.41) is 1.67. The van der Waals surface area contributed by atoms with Crippen molar-refractivity contribution in [3.63, 3.8) is 0 Å². The molecule has 76 valence electrons. The van der Waals surface area contributed by atoms with E-state index in [4.69, 9.17) is 0 Å². The van der Waals surface area contributed by atoms with Crippen LogP contribution in [0.15, 0.2) is 24.3 Å². The lowest BCUT2D eigenvalue weighted by Gasteiger charge is -2.20. The standard InChI is InChI=1S/C13H19P/c1-3-12-8-6-10-14(12)13-9-5-4-7-11(13)2/h4-5,7,9,12H,3,6,8,10H2,1-2H3/t12-,14?/m1/s1. The third-order valence-electron chi connectivity index (χ3n) is 3.27. The fourth-order valence-electron chi connectivity index (χ4n) is 2.46. The number of benzene rings is 1. The molecule has 0 radical (unpaired) electrons. The van der Waals surface area contributed by atoms with E-state index < -0.39 is 0 Å². The highest BCUT2D eigenvalue weighted by molar-refractivity contribution is 7.66. The molecule has 0 nitrogen and oxygen atoms in total. The van der Waals surface area contributed by atoms with Crippen LogP contribution in [0.5, 0.6) is 0 Å². The minimum Gasteiger partial charge on any atom is -0.0719 e. The average molecular weight is 206 g/mol. The molecule has 0 spiro atoms. The minimum atomic E-state index is 0.175. The van der Waals surface area contributed by atoms with Crippen molar-refractivity contribution in [3.8, 4) is 0 Å². The van der Waals surface area contributed by atoms with Gasteiger partial charge in [-0.3, -0.25) is 0 Å². The van der Waals surface area contributed by atoms with Crippen LogP contribution in [0.4, 0.5) is 0 Å². The highest BCUT2D eigenvalue weighted by Gasteiger charge is 2.27. The van der Waals surface area contributed by atoms with Crippen LogP contribution in [0.1, 0.15) is 31.7 Å². The second kappa shape index (κ2) is 4.45. The van der Waals surface area contributed by atoms with Gasteiger partial charge < -0.3 is 0 Å². The zero-order chi connectivity index (χ0) is 9.97.